The van der Waals surface area contributed by atoms with Crippen molar-refractivity contribution in [2.75, 3.05) is 18.6 Å². The van der Waals surface area contributed by atoms with Gasteiger partial charge in [0, 0.05) is 24.1 Å². The standard InChI is InChI=1S/C20H28N2S/c1-8-13-14-21-19(11-4)20-18(10-3)16(6)17(9-2)15-22(20)23(21,7)12-5/h9-10,15H,2-4,6,8,12-14H2,1,5,7H3. The molecule has 0 radical (unpaired) electrons. The van der Waals surface area contributed by atoms with Gasteiger partial charge >= 0.3 is 0 Å². The number of hydrogen-bond acceptors (Lipinski definition) is 2. The molecular weight excluding hydrogens is 300 g/mol. The van der Waals surface area contributed by atoms with E-state index >= 15 is 0 Å². The van der Waals surface area contributed by atoms with Gasteiger partial charge in [0.2, 0.25) is 0 Å². The molecule has 0 saturated carbocycles. The highest BCUT2D eigenvalue weighted by atomic mass is 32.3. The van der Waals surface area contributed by atoms with Crippen LogP contribution in [0.15, 0.2) is 78.5 Å². The molecule has 1 saturated heterocycles. The lowest BCUT2D eigenvalue weighted by Crippen LogP contribution is -2.29. The van der Waals surface area contributed by atoms with Crippen LogP contribution in [0.5, 0.6) is 0 Å². The van der Waals surface area contributed by atoms with Crippen molar-refractivity contribution in [1.29, 1.82) is 0 Å². The molecule has 124 valence electrons. The summed E-state index contributed by atoms with van der Waals surface area (Å²) in [5.74, 6) is 1.07. The molecule has 2 nitrogen and oxygen atoms in total. The summed E-state index contributed by atoms with van der Waals surface area (Å²) in [4.78, 5) is 0. The van der Waals surface area contributed by atoms with Gasteiger partial charge in [0.25, 0.3) is 0 Å². The Balaban J connectivity index is 2.71. The second-order valence-corrected chi connectivity index (χ2v) is 9.22. The summed E-state index contributed by atoms with van der Waals surface area (Å²) < 4.78 is 4.93. The minimum absolute atomic E-state index is 0.976. The fourth-order valence-electron chi connectivity index (χ4n) is 3.12. The normalized spacial score (nSPS) is 26.5. The van der Waals surface area contributed by atoms with Crippen LogP contribution in [0.4, 0.5) is 0 Å². The monoisotopic (exact) mass is 328 g/mol. The molecule has 23 heavy (non-hydrogen) atoms. The highest BCUT2D eigenvalue weighted by Crippen LogP contribution is 2.64. The molecule has 2 rings (SSSR count). The second kappa shape index (κ2) is 6.74. The molecule has 0 spiro atoms. The Morgan fingerprint density at radius 2 is 1.96 bits per heavy atom. The summed E-state index contributed by atoms with van der Waals surface area (Å²) in [5, 5.41) is 0. The summed E-state index contributed by atoms with van der Waals surface area (Å²) >= 11 is 0. The van der Waals surface area contributed by atoms with Crippen LogP contribution < -0.4 is 0 Å². The fraction of sp³-hybridized carbons (Fsp3) is 0.350. The first kappa shape index (κ1) is 17.5. The van der Waals surface area contributed by atoms with Crippen molar-refractivity contribution in [1.82, 2.24) is 8.61 Å². The van der Waals surface area contributed by atoms with Gasteiger partial charge < -0.3 is 4.31 Å². The molecular formula is C20H28N2S. The molecule has 0 aromatic rings. The van der Waals surface area contributed by atoms with E-state index in [1.165, 1.54) is 6.42 Å². The number of unbranched alkanes of at least 4 members (excludes halogenated alkanes) is 1. The van der Waals surface area contributed by atoms with E-state index in [4.69, 9.17) is 0 Å². The molecule has 3 heteroatoms. The number of rotatable bonds is 6. The zero-order valence-corrected chi connectivity index (χ0v) is 15.5. The van der Waals surface area contributed by atoms with Crippen LogP contribution in [0.3, 0.4) is 0 Å². The van der Waals surface area contributed by atoms with Gasteiger partial charge in [-0.05, 0) is 23.8 Å². The maximum atomic E-state index is 4.24. The van der Waals surface area contributed by atoms with Crippen molar-refractivity contribution in [2.24, 2.45) is 0 Å². The number of hydrogen-bond donors (Lipinski definition) is 0. The average molecular weight is 329 g/mol. The largest absolute Gasteiger partial charge is 0.310 e. The first-order valence-corrected chi connectivity index (χ1v) is 10.3. The summed E-state index contributed by atoms with van der Waals surface area (Å²) in [6.07, 6.45) is 10.7. The van der Waals surface area contributed by atoms with E-state index in [-0.39, 0.29) is 0 Å². The van der Waals surface area contributed by atoms with Crippen LogP contribution in [0.1, 0.15) is 26.7 Å². The Labute approximate surface area is 143 Å². The third kappa shape index (κ3) is 2.54. The summed E-state index contributed by atoms with van der Waals surface area (Å²) in [7, 11) is -1.17. The average Bonchev–Trinajstić information content (AvgIpc) is 2.80. The molecule has 0 amide bonds. The molecule has 0 N–H and O–H groups in total. The van der Waals surface area contributed by atoms with Gasteiger partial charge in [-0.2, -0.15) is 0 Å². The highest BCUT2D eigenvalue weighted by Gasteiger charge is 2.45. The van der Waals surface area contributed by atoms with E-state index in [9.17, 15) is 0 Å². The second-order valence-electron chi connectivity index (χ2n) is 5.82. The molecule has 0 aromatic carbocycles. The quantitative estimate of drug-likeness (QED) is 0.599. The van der Waals surface area contributed by atoms with Crippen molar-refractivity contribution in [3.8, 4) is 0 Å². The van der Waals surface area contributed by atoms with Crippen LogP contribution in [0, 0.1) is 0 Å². The van der Waals surface area contributed by atoms with E-state index in [0.29, 0.717) is 0 Å². The van der Waals surface area contributed by atoms with Crippen molar-refractivity contribution in [3.63, 3.8) is 0 Å². The Bertz CT molecular complexity index is 661. The number of nitrogens with zero attached hydrogens (tertiary/aromatic N) is 2. The topological polar surface area (TPSA) is 6.48 Å². The molecule has 2 aliphatic rings. The first-order chi connectivity index (χ1) is 11.0. The third-order valence-corrected chi connectivity index (χ3v) is 8.17. The van der Waals surface area contributed by atoms with Crippen LogP contribution in [-0.4, -0.2) is 27.2 Å². The van der Waals surface area contributed by atoms with Crippen LogP contribution in [-0.2, 0) is 0 Å². The van der Waals surface area contributed by atoms with Crippen molar-refractivity contribution < 1.29 is 0 Å². The zero-order chi connectivity index (χ0) is 17.2. The highest BCUT2D eigenvalue weighted by molar-refractivity contribution is 8.29. The number of allylic oxidation sites excluding steroid dienone is 5. The summed E-state index contributed by atoms with van der Waals surface area (Å²) in [5.41, 5.74) is 8.56. The van der Waals surface area contributed by atoms with Gasteiger partial charge in [-0.15, -0.1) is 5.73 Å². The van der Waals surface area contributed by atoms with Crippen LogP contribution >= 0.6 is 10.4 Å². The summed E-state index contributed by atoms with van der Waals surface area (Å²) in [6.45, 7) is 21.7. The van der Waals surface area contributed by atoms with E-state index in [1.54, 1.807) is 0 Å². The molecule has 2 aliphatic heterocycles. The summed E-state index contributed by atoms with van der Waals surface area (Å²) in [6, 6.07) is 0. The smallest absolute Gasteiger partial charge is 0.115 e. The lowest BCUT2D eigenvalue weighted by molar-refractivity contribution is 0.550. The van der Waals surface area contributed by atoms with Crippen molar-refractivity contribution in [2.45, 2.75) is 26.7 Å². The molecule has 2 heterocycles. The van der Waals surface area contributed by atoms with E-state index in [0.717, 1.165) is 46.8 Å². The molecule has 0 aliphatic carbocycles. The molecule has 1 atom stereocenters. The molecule has 0 aromatic heterocycles. The van der Waals surface area contributed by atoms with Crippen LogP contribution in [0.2, 0.25) is 0 Å². The van der Waals surface area contributed by atoms with E-state index in [1.807, 2.05) is 12.2 Å². The predicted molar refractivity (Wildman–Crippen MR) is 105 cm³/mol. The van der Waals surface area contributed by atoms with Gasteiger partial charge in [-0.25, -0.2) is 0 Å². The third-order valence-electron chi connectivity index (χ3n) is 4.63. The van der Waals surface area contributed by atoms with Crippen LogP contribution in [0.25, 0.3) is 0 Å². The Kier molecular flexibility index (Phi) is 5.13. The lowest BCUT2D eigenvalue weighted by atomic mass is 9.94. The van der Waals surface area contributed by atoms with Gasteiger partial charge in [0.1, 0.15) is 5.70 Å². The van der Waals surface area contributed by atoms with Gasteiger partial charge in [0.05, 0.1) is 5.70 Å². The van der Waals surface area contributed by atoms with Gasteiger partial charge in [0.15, 0.2) is 0 Å². The van der Waals surface area contributed by atoms with Crippen molar-refractivity contribution in [3.05, 3.63) is 78.5 Å². The number of fused-ring (bicyclic) bond motifs is 1. The minimum atomic E-state index is -1.17. The van der Waals surface area contributed by atoms with Gasteiger partial charge in [-0.1, -0.05) is 69.1 Å². The molecule has 1 fully saturated rings. The van der Waals surface area contributed by atoms with Gasteiger partial charge in [-0.3, -0.25) is 4.31 Å². The SMILES string of the molecule is C=C=C1C2=C(C=C)C(=C)C(C=C)=CN2S(C)(CC)N1CCCC. The van der Waals surface area contributed by atoms with Crippen molar-refractivity contribution >= 4 is 10.4 Å². The Morgan fingerprint density at radius 1 is 1.26 bits per heavy atom. The van der Waals surface area contributed by atoms with E-state index in [2.05, 4.69) is 67.0 Å². The predicted octanol–water partition coefficient (Wildman–Crippen LogP) is 5.44. The zero-order valence-electron chi connectivity index (χ0n) is 14.7. The fourth-order valence-corrected chi connectivity index (χ4v) is 5.91. The maximum Gasteiger partial charge on any atom is 0.115 e. The van der Waals surface area contributed by atoms with E-state index < -0.39 is 10.4 Å². The minimum Gasteiger partial charge on any atom is -0.310 e. The Hall–Kier alpha value is -1.83. The lowest BCUT2D eigenvalue weighted by Gasteiger charge is -2.46. The molecule has 1 unspecified atom stereocenters. The maximum absolute atomic E-state index is 4.24. The first-order valence-electron chi connectivity index (χ1n) is 8.14. The molecule has 0 bridgehead atoms. The Morgan fingerprint density at radius 3 is 2.43 bits per heavy atom.